The summed E-state index contributed by atoms with van der Waals surface area (Å²) in [4.78, 5) is 0. The van der Waals surface area contributed by atoms with Gasteiger partial charge in [-0.25, -0.2) is 0 Å². The van der Waals surface area contributed by atoms with E-state index in [2.05, 4.69) is 93.7 Å². The molecule has 2 heteroatoms. The van der Waals surface area contributed by atoms with Crippen molar-refractivity contribution < 1.29 is 0 Å². The lowest BCUT2D eigenvalue weighted by molar-refractivity contribution is 0.597. The van der Waals surface area contributed by atoms with Crippen LogP contribution in [-0.4, -0.2) is 0 Å². The molecule has 0 aliphatic carbocycles. The molecule has 126 valence electrons. The van der Waals surface area contributed by atoms with Gasteiger partial charge in [-0.2, -0.15) is 0 Å². The summed E-state index contributed by atoms with van der Waals surface area (Å²) in [7, 11) is 0. The van der Waals surface area contributed by atoms with Crippen molar-refractivity contribution >= 4 is 42.9 Å². The van der Waals surface area contributed by atoms with Crippen molar-refractivity contribution in [2.24, 2.45) is 0 Å². The normalized spacial score (nSPS) is 12.0. The Labute approximate surface area is 153 Å². The Morgan fingerprint density at radius 1 is 0.720 bits per heavy atom. The largest absolute Gasteiger partial charge is 0.354 e. The van der Waals surface area contributed by atoms with Crippen molar-refractivity contribution in [1.29, 1.82) is 0 Å². The highest BCUT2D eigenvalue weighted by Gasteiger charge is 2.19. The predicted octanol–water partition coefficient (Wildman–Crippen LogP) is 7.40. The minimum absolute atomic E-state index is 0.143. The molecule has 0 spiro atoms. The number of aryl methyl sites for hydroxylation is 1. The highest BCUT2D eigenvalue weighted by atomic mass is 32.1. The smallest absolute Gasteiger partial charge is 0.0590 e. The second kappa shape index (κ2) is 5.89. The first-order chi connectivity index (χ1) is 11.9. The molecule has 0 amide bonds. The summed E-state index contributed by atoms with van der Waals surface area (Å²) in [6.45, 7) is 9.01. The molecular formula is C23H23NS. The van der Waals surface area contributed by atoms with Crippen LogP contribution in [0.5, 0.6) is 0 Å². The molecule has 0 aliphatic heterocycles. The van der Waals surface area contributed by atoms with Crippen LogP contribution in [0.2, 0.25) is 0 Å². The Kier molecular flexibility index (Phi) is 3.81. The molecule has 0 atom stereocenters. The molecule has 0 saturated heterocycles. The number of hydrogen-bond donors (Lipinski definition) is 1. The number of nitrogens with one attached hydrogen (secondary N) is 1. The average molecular weight is 346 g/mol. The summed E-state index contributed by atoms with van der Waals surface area (Å²) >= 11 is 1.90. The van der Waals surface area contributed by atoms with E-state index in [4.69, 9.17) is 0 Å². The lowest BCUT2D eigenvalue weighted by atomic mass is 9.86. The SMILES string of the molecule is Cc1ccccc1Nc1cccc2c1sc1c(C(C)(C)C)cccc12. The number of hydrogen-bond acceptors (Lipinski definition) is 2. The summed E-state index contributed by atoms with van der Waals surface area (Å²) in [5.74, 6) is 0. The van der Waals surface area contributed by atoms with Gasteiger partial charge in [0.05, 0.1) is 10.4 Å². The molecule has 3 aromatic carbocycles. The molecule has 0 bridgehead atoms. The molecule has 0 saturated carbocycles. The maximum absolute atomic E-state index is 3.64. The third-order valence-electron chi connectivity index (χ3n) is 4.75. The summed E-state index contributed by atoms with van der Waals surface area (Å²) in [6, 6.07) is 21.7. The fourth-order valence-electron chi connectivity index (χ4n) is 3.37. The molecule has 0 radical (unpaired) electrons. The molecule has 1 N–H and O–H groups in total. The highest BCUT2D eigenvalue weighted by molar-refractivity contribution is 7.26. The van der Waals surface area contributed by atoms with Crippen LogP contribution in [0, 0.1) is 6.92 Å². The third kappa shape index (κ3) is 2.81. The zero-order valence-electron chi connectivity index (χ0n) is 15.2. The van der Waals surface area contributed by atoms with Gasteiger partial charge in [-0.05, 0) is 35.6 Å². The minimum Gasteiger partial charge on any atom is -0.354 e. The Bertz CT molecular complexity index is 1070. The molecule has 0 aliphatic rings. The summed E-state index contributed by atoms with van der Waals surface area (Å²) in [6.07, 6.45) is 0. The lowest BCUT2D eigenvalue weighted by Gasteiger charge is -2.19. The van der Waals surface area contributed by atoms with Gasteiger partial charge in [0.25, 0.3) is 0 Å². The van der Waals surface area contributed by atoms with Crippen LogP contribution in [0.25, 0.3) is 20.2 Å². The van der Waals surface area contributed by atoms with Crippen molar-refractivity contribution in [3.05, 3.63) is 71.8 Å². The highest BCUT2D eigenvalue weighted by Crippen LogP contribution is 2.43. The van der Waals surface area contributed by atoms with Crippen LogP contribution in [0.15, 0.2) is 60.7 Å². The monoisotopic (exact) mass is 345 g/mol. The Balaban J connectivity index is 1.94. The van der Waals surface area contributed by atoms with E-state index in [0.29, 0.717) is 0 Å². The van der Waals surface area contributed by atoms with Crippen molar-refractivity contribution in [1.82, 2.24) is 0 Å². The standard InChI is InChI=1S/C23H23NS/c1-15-9-5-6-13-19(15)24-20-14-8-11-17-16-10-7-12-18(23(2,3)4)21(16)25-22(17)20/h5-14,24H,1-4H3. The average Bonchev–Trinajstić information content (AvgIpc) is 2.96. The van der Waals surface area contributed by atoms with E-state index in [1.165, 1.54) is 42.7 Å². The number of anilines is 2. The van der Waals surface area contributed by atoms with E-state index >= 15 is 0 Å². The van der Waals surface area contributed by atoms with Crippen molar-refractivity contribution in [2.45, 2.75) is 33.1 Å². The zero-order chi connectivity index (χ0) is 17.6. The predicted molar refractivity (Wildman–Crippen MR) is 112 cm³/mol. The Morgan fingerprint density at radius 3 is 2.08 bits per heavy atom. The Hall–Kier alpha value is -2.32. The van der Waals surface area contributed by atoms with Crippen LogP contribution in [0.1, 0.15) is 31.9 Å². The molecule has 0 unspecified atom stereocenters. The van der Waals surface area contributed by atoms with E-state index in [1.807, 2.05) is 11.3 Å². The minimum atomic E-state index is 0.143. The van der Waals surface area contributed by atoms with Crippen LogP contribution in [0.3, 0.4) is 0 Å². The molecule has 4 rings (SSSR count). The number of fused-ring (bicyclic) bond motifs is 3. The second-order valence-corrected chi connectivity index (χ2v) is 8.68. The van der Waals surface area contributed by atoms with Gasteiger partial charge in [0.1, 0.15) is 0 Å². The lowest BCUT2D eigenvalue weighted by Crippen LogP contribution is -2.10. The number of rotatable bonds is 2. The van der Waals surface area contributed by atoms with E-state index in [-0.39, 0.29) is 5.41 Å². The summed E-state index contributed by atoms with van der Waals surface area (Å²) in [5.41, 5.74) is 5.18. The first-order valence-corrected chi connectivity index (χ1v) is 9.54. The molecule has 0 fully saturated rings. The van der Waals surface area contributed by atoms with Crippen LogP contribution >= 0.6 is 11.3 Å². The van der Waals surface area contributed by atoms with Gasteiger partial charge in [-0.1, -0.05) is 69.3 Å². The molecule has 1 heterocycles. The number of benzene rings is 3. The Morgan fingerprint density at radius 2 is 1.36 bits per heavy atom. The third-order valence-corrected chi connectivity index (χ3v) is 6.03. The van der Waals surface area contributed by atoms with Crippen LogP contribution in [0.4, 0.5) is 11.4 Å². The van der Waals surface area contributed by atoms with Gasteiger partial charge in [0, 0.05) is 21.2 Å². The fourth-order valence-corrected chi connectivity index (χ4v) is 4.86. The van der Waals surface area contributed by atoms with Crippen molar-refractivity contribution in [3.63, 3.8) is 0 Å². The molecular weight excluding hydrogens is 322 g/mol. The second-order valence-electron chi connectivity index (χ2n) is 7.66. The van der Waals surface area contributed by atoms with Crippen molar-refractivity contribution in [3.8, 4) is 0 Å². The van der Waals surface area contributed by atoms with Crippen LogP contribution in [-0.2, 0) is 5.41 Å². The molecule has 1 nitrogen and oxygen atoms in total. The van der Waals surface area contributed by atoms with Gasteiger partial charge in [0.2, 0.25) is 0 Å². The van der Waals surface area contributed by atoms with Gasteiger partial charge < -0.3 is 5.32 Å². The van der Waals surface area contributed by atoms with Crippen LogP contribution < -0.4 is 5.32 Å². The maximum atomic E-state index is 3.64. The zero-order valence-corrected chi connectivity index (χ0v) is 16.0. The van der Waals surface area contributed by atoms with E-state index in [9.17, 15) is 0 Å². The summed E-state index contributed by atoms with van der Waals surface area (Å²) in [5, 5.41) is 6.34. The molecule has 4 aromatic rings. The molecule has 1 aromatic heterocycles. The number of para-hydroxylation sites is 1. The van der Waals surface area contributed by atoms with Gasteiger partial charge in [0.15, 0.2) is 0 Å². The first kappa shape index (κ1) is 16.2. The van der Waals surface area contributed by atoms with Crippen molar-refractivity contribution in [2.75, 3.05) is 5.32 Å². The van der Waals surface area contributed by atoms with E-state index in [1.54, 1.807) is 0 Å². The quantitative estimate of drug-likeness (QED) is 0.399. The fraction of sp³-hybridized carbons (Fsp3) is 0.217. The maximum Gasteiger partial charge on any atom is 0.0590 e. The van der Waals surface area contributed by atoms with Gasteiger partial charge >= 0.3 is 0 Å². The van der Waals surface area contributed by atoms with Gasteiger partial charge in [-0.15, -0.1) is 11.3 Å². The topological polar surface area (TPSA) is 12.0 Å². The van der Waals surface area contributed by atoms with E-state index < -0.39 is 0 Å². The van der Waals surface area contributed by atoms with Gasteiger partial charge in [-0.3, -0.25) is 0 Å². The summed E-state index contributed by atoms with van der Waals surface area (Å²) < 4.78 is 2.74. The number of thiophene rings is 1. The molecule has 25 heavy (non-hydrogen) atoms. The first-order valence-electron chi connectivity index (χ1n) is 8.72. The van der Waals surface area contributed by atoms with E-state index in [0.717, 1.165) is 0 Å².